The Morgan fingerprint density at radius 2 is 0.918 bits per heavy atom. The highest BCUT2D eigenvalue weighted by molar-refractivity contribution is 6.15. The molecule has 0 saturated heterocycles. The molecule has 1 aliphatic carbocycles. The van der Waals surface area contributed by atoms with Gasteiger partial charge in [0, 0.05) is 21.8 Å². The maximum atomic E-state index is 2.66. The van der Waals surface area contributed by atoms with E-state index < -0.39 is 5.54 Å². The van der Waals surface area contributed by atoms with Crippen molar-refractivity contribution in [3.05, 3.63) is 211 Å². The lowest BCUT2D eigenvalue weighted by Crippen LogP contribution is -2.36. The lowest BCUT2D eigenvalue weighted by Gasteiger charge is -2.38. The smallest absolute Gasteiger partial charge is 0.122 e. The SMILES string of the molecule is c1ccc(N(c2cccc3ccccc23)c2cccc3c4ccccc4n(C4(c5ccccc5)c5ccccc5-c5ccccc54)c23)cc1. The first-order valence-electron chi connectivity index (χ1n) is 17.0. The lowest BCUT2D eigenvalue weighted by atomic mass is 9.80. The maximum Gasteiger partial charge on any atom is 0.122 e. The molecule has 230 valence electrons. The van der Waals surface area contributed by atoms with E-state index >= 15 is 0 Å². The second kappa shape index (κ2) is 10.8. The van der Waals surface area contributed by atoms with Crippen molar-refractivity contribution in [1.29, 1.82) is 0 Å². The molecule has 1 aromatic heterocycles. The standard InChI is InChI=1S/C47H32N2/c1-3-19-34(20-4-1)47(41-28-12-9-24-37(41)38-25-10-13-29-42(38)47)49-44-30-14-11-26-39(44)40-27-16-32-45(46(40)49)48(35-21-5-2-6-22-35)43-31-15-18-33-17-7-8-23-36(33)43/h1-32H. The summed E-state index contributed by atoms with van der Waals surface area (Å²) < 4.78 is 2.66. The van der Waals surface area contributed by atoms with Gasteiger partial charge >= 0.3 is 0 Å². The highest BCUT2D eigenvalue weighted by atomic mass is 15.2. The van der Waals surface area contributed by atoms with Crippen molar-refractivity contribution >= 4 is 49.6 Å². The summed E-state index contributed by atoms with van der Waals surface area (Å²) in [5.41, 5.74) is 11.5. The van der Waals surface area contributed by atoms with Gasteiger partial charge in [-0.05, 0) is 63.5 Å². The van der Waals surface area contributed by atoms with Crippen molar-refractivity contribution < 1.29 is 0 Å². The first-order valence-corrected chi connectivity index (χ1v) is 17.0. The molecule has 8 aromatic carbocycles. The summed E-state index contributed by atoms with van der Waals surface area (Å²) in [7, 11) is 0. The monoisotopic (exact) mass is 624 g/mol. The van der Waals surface area contributed by atoms with Crippen molar-refractivity contribution in [3.8, 4) is 11.1 Å². The van der Waals surface area contributed by atoms with Gasteiger partial charge in [-0.3, -0.25) is 0 Å². The minimum absolute atomic E-state index is 0.632. The first-order chi connectivity index (χ1) is 24.4. The zero-order valence-corrected chi connectivity index (χ0v) is 26.9. The highest BCUT2D eigenvalue weighted by Crippen LogP contribution is 2.57. The maximum absolute atomic E-state index is 2.66. The third-order valence-corrected chi connectivity index (χ3v) is 10.4. The summed E-state index contributed by atoms with van der Waals surface area (Å²) >= 11 is 0. The molecular weight excluding hydrogens is 593 g/mol. The largest absolute Gasteiger partial charge is 0.320 e. The molecule has 0 atom stereocenters. The Morgan fingerprint density at radius 3 is 1.67 bits per heavy atom. The lowest BCUT2D eigenvalue weighted by molar-refractivity contribution is 0.564. The molecule has 0 N–H and O–H groups in total. The molecule has 1 aliphatic rings. The fraction of sp³-hybridized carbons (Fsp3) is 0.0213. The number of rotatable bonds is 5. The van der Waals surface area contributed by atoms with Gasteiger partial charge in [0.15, 0.2) is 0 Å². The molecule has 2 heteroatoms. The summed E-state index contributed by atoms with van der Waals surface area (Å²) in [6.07, 6.45) is 0. The summed E-state index contributed by atoms with van der Waals surface area (Å²) in [5.74, 6) is 0. The average Bonchev–Trinajstić information content (AvgIpc) is 3.67. The van der Waals surface area contributed by atoms with Crippen LogP contribution in [0.25, 0.3) is 43.7 Å². The summed E-state index contributed by atoms with van der Waals surface area (Å²) in [5, 5.41) is 4.89. The molecule has 0 spiro atoms. The predicted octanol–water partition coefficient (Wildman–Crippen LogP) is 12.2. The van der Waals surface area contributed by atoms with E-state index in [0.29, 0.717) is 0 Å². The molecule has 0 saturated carbocycles. The van der Waals surface area contributed by atoms with Crippen LogP contribution in [-0.4, -0.2) is 4.57 Å². The second-order valence-corrected chi connectivity index (χ2v) is 12.9. The molecule has 0 aliphatic heterocycles. The average molecular weight is 625 g/mol. The minimum atomic E-state index is -0.632. The fourth-order valence-corrected chi connectivity index (χ4v) is 8.49. The normalized spacial score (nSPS) is 13.1. The van der Waals surface area contributed by atoms with Crippen molar-refractivity contribution in [2.75, 3.05) is 4.90 Å². The third kappa shape index (κ3) is 3.89. The van der Waals surface area contributed by atoms with E-state index in [0.717, 1.165) is 17.1 Å². The molecular formula is C47H32N2. The summed E-state index contributed by atoms with van der Waals surface area (Å²) in [6, 6.07) is 71.0. The van der Waals surface area contributed by atoms with Crippen LogP contribution in [-0.2, 0) is 5.54 Å². The minimum Gasteiger partial charge on any atom is -0.320 e. The van der Waals surface area contributed by atoms with Gasteiger partial charge in [0.25, 0.3) is 0 Å². The van der Waals surface area contributed by atoms with Crippen LogP contribution >= 0.6 is 0 Å². The van der Waals surface area contributed by atoms with Crippen LogP contribution in [0, 0.1) is 0 Å². The zero-order chi connectivity index (χ0) is 32.4. The van der Waals surface area contributed by atoms with Crippen LogP contribution in [0.2, 0.25) is 0 Å². The molecule has 0 unspecified atom stereocenters. The first kappa shape index (κ1) is 27.7. The van der Waals surface area contributed by atoms with E-state index in [4.69, 9.17) is 0 Å². The van der Waals surface area contributed by atoms with Crippen LogP contribution < -0.4 is 4.90 Å². The number of hydrogen-bond acceptors (Lipinski definition) is 1. The summed E-state index contributed by atoms with van der Waals surface area (Å²) in [4.78, 5) is 2.46. The fourth-order valence-electron chi connectivity index (χ4n) is 8.49. The van der Waals surface area contributed by atoms with Gasteiger partial charge in [-0.2, -0.15) is 0 Å². The van der Waals surface area contributed by atoms with Crippen molar-refractivity contribution in [1.82, 2.24) is 4.57 Å². The molecule has 0 bridgehead atoms. The topological polar surface area (TPSA) is 8.17 Å². The van der Waals surface area contributed by atoms with Gasteiger partial charge in [0.05, 0.1) is 22.4 Å². The van der Waals surface area contributed by atoms with Crippen molar-refractivity contribution in [2.24, 2.45) is 0 Å². The molecule has 0 fully saturated rings. The Hall–Kier alpha value is -6.38. The number of aromatic nitrogens is 1. The van der Waals surface area contributed by atoms with Crippen LogP contribution in [0.5, 0.6) is 0 Å². The Balaban J connectivity index is 1.43. The van der Waals surface area contributed by atoms with E-state index in [2.05, 4.69) is 204 Å². The molecule has 0 radical (unpaired) electrons. The second-order valence-electron chi connectivity index (χ2n) is 12.9. The van der Waals surface area contributed by atoms with E-state index in [9.17, 15) is 0 Å². The highest BCUT2D eigenvalue weighted by Gasteiger charge is 2.48. The molecule has 1 heterocycles. The third-order valence-electron chi connectivity index (χ3n) is 10.4. The number of fused-ring (bicyclic) bond motifs is 7. The summed E-state index contributed by atoms with van der Waals surface area (Å²) in [6.45, 7) is 0. The van der Waals surface area contributed by atoms with Crippen LogP contribution in [0.1, 0.15) is 16.7 Å². The van der Waals surface area contributed by atoms with E-state index in [1.807, 2.05) is 0 Å². The zero-order valence-electron chi connectivity index (χ0n) is 26.9. The number of para-hydroxylation sites is 3. The number of benzene rings is 8. The number of nitrogens with zero attached hydrogens (tertiary/aromatic N) is 2. The van der Waals surface area contributed by atoms with E-state index in [1.54, 1.807) is 0 Å². The Bertz CT molecular complexity index is 2620. The van der Waals surface area contributed by atoms with E-state index in [1.165, 1.54) is 60.4 Å². The van der Waals surface area contributed by atoms with Gasteiger partial charge in [0.1, 0.15) is 5.54 Å². The van der Waals surface area contributed by atoms with Gasteiger partial charge in [-0.1, -0.05) is 164 Å². The molecule has 0 amide bonds. The molecule has 9 aromatic rings. The van der Waals surface area contributed by atoms with Crippen molar-refractivity contribution in [3.63, 3.8) is 0 Å². The van der Waals surface area contributed by atoms with Gasteiger partial charge in [-0.15, -0.1) is 0 Å². The van der Waals surface area contributed by atoms with Crippen LogP contribution in [0.3, 0.4) is 0 Å². The molecule has 49 heavy (non-hydrogen) atoms. The number of anilines is 3. The molecule has 2 nitrogen and oxygen atoms in total. The molecule has 10 rings (SSSR count). The quantitative estimate of drug-likeness (QED) is 0.185. The number of hydrogen-bond donors (Lipinski definition) is 0. The Morgan fingerprint density at radius 1 is 0.388 bits per heavy atom. The predicted molar refractivity (Wildman–Crippen MR) is 205 cm³/mol. The Labute approximate surface area is 285 Å². The van der Waals surface area contributed by atoms with Crippen LogP contribution in [0.4, 0.5) is 17.1 Å². The Kier molecular flexibility index (Phi) is 6.13. The van der Waals surface area contributed by atoms with E-state index in [-0.39, 0.29) is 0 Å². The van der Waals surface area contributed by atoms with Gasteiger partial charge in [0.2, 0.25) is 0 Å². The van der Waals surface area contributed by atoms with Crippen LogP contribution in [0.15, 0.2) is 194 Å². The van der Waals surface area contributed by atoms with Gasteiger partial charge in [-0.25, -0.2) is 0 Å². The van der Waals surface area contributed by atoms with Gasteiger partial charge < -0.3 is 9.47 Å². The van der Waals surface area contributed by atoms with Crippen molar-refractivity contribution in [2.45, 2.75) is 5.54 Å².